The van der Waals surface area contributed by atoms with Crippen LogP contribution in [0.1, 0.15) is 29.6 Å². The van der Waals surface area contributed by atoms with Gasteiger partial charge >= 0.3 is 0 Å². The van der Waals surface area contributed by atoms with Gasteiger partial charge in [0.15, 0.2) is 0 Å². The van der Waals surface area contributed by atoms with Crippen LogP contribution in [-0.4, -0.2) is 62.1 Å². The Kier molecular flexibility index (Phi) is 6.68. The van der Waals surface area contributed by atoms with Crippen LogP contribution >= 0.6 is 11.6 Å². The van der Waals surface area contributed by atoms with E-state index in [1.54, 1.807) is 12.1 Å². The minimum atomic E-state index is 0.0247. The number of rotatable bonds is 6. The first-order valence-corrected chi connectivity index (χ1v) is 8.26. The molecule has 1 heterocycles. The van der Waals surface area contributed by atoms with Crippen molar-refractivity contribution in [1.82, 2.24) is 9.80 Å². The number of hydrogen-bond donors (Lipinski definition) is 0. The molecule has 1 aromatic rings. The highest BCUT2D eigenvalue weighted by Crippen LogP contribution is 2.21. The van der Waals surface area contributed by atoms with Crippen LogP contribution in [-0.2, 0) is 4.74 Å². The smallest absolute Gasteiger partial charge is 0.255 e. The Labute approximate surface area is 138 Å². The van der Waals surface area contributed by atoms with Crippen LogP contribution in [0, 0.1) is 0 Å². The second kappa shape index (κ2) is 8.51. The Hall–Kier alpha value is -1.10. The van der Waals surface area contributed by atoms with E-state index in [1.165, 1.54) is 0 Å². The standard InChI is InChI=1S/C17H25ClN2O2/c1-19(2)10-5-13-22-14-8-11-20(12-9-14)17(21)15-6-3-4-7-16(15)18/h3-4,6-7,14H,5,8-13H2,1-2H3. The quantitative estimate of drug-likeness (QED) is 0.754. The maximum atomic E-state index is 12.5. The molecule has 0 bridgehead atoms. The van der Waals surface area contributed by atoms with Gasteiger partial charge in [-0.25, -0.2) is 0 Å². The molecule has 0 aliphatic carbocycles. The molecule has 0 atom stereocenters. The number of benzene rings is 1. The largest absolute Gasteiger partial charge is 0.378 e. The number of ether oxygens (including phenoxy) is 1. The monoisotopic (exact) mass is 324 g/mol. The molecule has 1 amide bonds. The highest BCUT2D eigenvalue weighted by molar-refractivity contribution is 6.33. The lowest BCUT2D eigenvalue weighted by Gasteiger charge is -2.32. The molecule has 2 rings (SSSR count). The molecular formula is C17H25ClN2O2. The van der Waals surface area contributed by atoms with Gasteiger partial charge in [0.1, 0.15) is 0 Å². The average Bonchev–Trinajstić information content (AvgIpc) is 2.52. The first-order valence-electron chi connectivity index (χ1n) is 7.88. The maximum absolute atomic E-state index is 12.5. The van der Waals surface area contributed by atoms with Crippen LogP contribution in [0.2, 0.25) is 5.02 Å². The summed E-state index contributed by atoms with van der Waals surface area (Å²) in [6.07, 6.45) is 3.12. The van der Waals surface area contributed by atoms with E-state index in [4.69, 9.17) is 16.3 Å². The Morgan fingerprint density at radius 2 is 2.00 bits per heavy atom. The topological polar surface area (TPSA) is 32.8 Å². The molecular weight excluding hydrogens is 300 g/mol. The molecule has 1 aliphatic heterocycles. The molecule has 0 aromatic heterocycles. The fourth-order valence-electron chi connectivity index (χ4n) is 2.66. The van der Waals surface area contributed by atoms with Gasteiger partial charge in [0.25, 0.3) is 5.91 Å². The highest BCUT2D eigenvalue weighted by Gasteiger charge is 2.24. The van der Waals surface area contributed by atoms with Gasteiger partial charge in [0, 0.05) is 19.7 Å². The average molecular weight is 325 g/mol. The van der Waals surface area contributed by atoms with E-state index < -0.39 is 0 Å². The van der Waals surface area contributed by atoms with Crippen LogP contribution in [0.25, 0.3) is 0 Å². The lowest BCUT2D eigenvalue weighted by molar-refractivity contribution is 0.00634. The second-order valence-electron chi connectivity index (χ2n) is 6.00. The fraction of sp³-hybridized carbons (Fsp3) is 0.588. The Bertz CT molecular complexity index is 485. The molecule has 0 spiro atoms. The van der Waals surface area contributed by atoms with Gasteiger partial charge in [-0.15, -0.1) is 0 Å². The zero-order valence-electron chi connectivity index (χ0n) is 13.4. The number of halogens is 1. The van der Waals surface area contributed by atoms with Crippen molar-refractivity contribution in [2.45, 2.75) is 25.4 Å². The molecule has 1 fully saturated rings. The molecule has 0 radical (unpaired) electrons. The number of carbonyl (C=O) groups is 1. The molecule has 22 heavy (non-hydrogen) atoms. The van der Waals surface area contributed by atoms with Crippen molar-refractivity contribution in [3.8, 4) is 0 Å². The van der Waals surface area contributed by atoms with Gasteiger partial charge in [-0.3, -0.25) is 4.79 Å². The first-order chi connectivity index (χ1) is 10.6. The molecule has 4 nitrogen and oxygen atoms in total. The summed E-state index contributed by atoms with van der Waals surface area (Å²) >= 11 is 6.10. The Morgan fingerprint density at radius 1 is 1.32 bits per heavy atom. The third kappa shape index (κ3) is 4.97. The Balaban J connectivity index is 1.75. The summed E-state index contributed by atoms with van der Waals surface area (Å²) in [4.78, 5) is 16.5. The summed E-state index contributed by atoms with van der Waals surface area (Å²) in [5.41, 5.74) is 0.592. The zero-order valence-corrected chi connectivity index (χ0v) is 14.2. The molecule has 5 heteroatoms. The molecule has 1 aromatic carbocycles. The summed E-state index contributed by atoms with van der Waals surface area (Å²) in [7, 11) is 4.14. The van der Waals surface area contributed by atoms with Crippen LogP contribution in [0.3, 0.4) is 0 Å². The Morgan fingerprint density at radius 3 is 2.64 bits per heavy atom. The van der Waals surface area contributed by atoms with Gasteiger partial charge in [-0.05, 0) is 52.0 Å². The van der Waals surface area contributed by atoms with Crippen molar-refractivity contribution in [1.29, 1.82) is 0 Å². The van der Waals surface area contributed by atoms with Gasteiger partial charge in [-0.1, -0.05) is 23.7 Å². The predicted molar refractivity (Wildman–Crippen MR) is 89.5 cm³/mol. The van der Waals surface area contributed by atoms with E-state index in [9.17, 15) is 4.79 Å². The maximum Gasteiger partial charge on any atom is 0.255 e. The zero-order chi connectivity index (χ0) is 15.9. The summed E-state index contributed by atoms with van der Waals surface area (Å²) in [5, 5.41) is 0.523. The summed E-state index contributed by atoms with van der Waals surface area (Å²) in [6, 6.07) is 7.23. The van der Waals surface area contributed by atoms with Gasteiger partial charge in [0.05, 0.1) is 16.7 Å². The number of piperidine rings is 1. The molecule has 1 saturated heterocycles. The van der Waals surface area contributed by atoms with Crippen molar-refractivity contribution < 1.29 is 9.53 Å². The lowest BCUT2D eigenvalue weighted by atomic mass is 10.1. The lowest BCUT2D eigenvalue weighted by Crippen LogP contribution is -2.41. The number of amides is 1. The van der Waals surface area contributed by atoms with Crippen LogP contribution in [0.5, 0.6) is 0 Å². The minimum Gasteiger partial charge on any atom is -0.378 e. The van der Waals surface area contributed by atoms with E-state index in [2.05, 4.69) is 19.0 Å². The second-order valence-corrected chi connectivity index (χ2v) is 6.41. The van der Waals surface area contributed by atoms with Crippen LogP contribution in [0.4, 0.5) is 0 Å². The predicted octanol–water partition coefficient (Wildman–Crippen LogP) is 2.91. The van der Waals surface area contributed by atoms with E-state index in [0.29, 0.717) is 10.6 Å². The first kappa shape index (κ1) is 17.3. The molecule has 0 N–H and O–H groups in total. The van der Waals surface area contributed by atoms with Gasteiger partial charge in [-0.2, -0.15) is 0 Å². The number of likely N-dealkylation sites (tertiary alicyclic amines) is 1. The molecule has 122 valence electrons. The molecule has 1 aliphatic rings. The number of hydrogen-bond acceptors (Lipinski definition) is 3. The van der Waals surface area contributed by atoms with Gasteiger partial charge < -0.3 is 14.5 Å². The van der Waals surface area contributed by atoms with Crippen LogP contribution < -0.4 is 0 Å². The van der Waals surface area contributed by atoms with Crippen LogP contribution in [0.15, 0.2) is 24.3 Å². The normalized spacial score (nSPS) is 16.3. The number of nitrogens with zero attached hydrogens (tertiary/aromatic N) is 2. The minimum absolute atomic E-state index is 0.0247. The van der Waals surface area contributed by atoms with E-state index in [0.717, 1.165) is 45.5 Å². The summed E-state index contributed by atoms with van der Waals surface area (Å²) < 4.78 is 5.90. The van der Waals surface area contributed by atoms with Crippen molar-refractivity contribution >= 4 is 17.5 Å². The third-order valence-electron chi connectivity index (χ3n) is 3.94. The van der Waals surface area contributed by atoms with E-state index in [-0.39, 0.29) is 12.0 Å². The fourth-order valence-corrected chi connectivity index (χ4v) is 2.88. The van der Waals surface area contributed by atoms with Crippen molar-refractivity contribution in [3.05, 3.63) is 34.9 Å². The van der Waals surface area contributed by atoms with E-state index >= 15 is 0 Å². The SMILES string of the molecule is CN(C)CCCOC1CCN(C(=O)c2ccccc2Cl)CC1. The van der Waals surface area contributed by atoms with Crippen molar-refractivity contribution in [2.75, 3.05) is 40.3 Å². The number of carbonyl (C=O) groups excluding carboxylic acids is 1. The van der Waals surface area contributed by atoms with Crippen molar-refractivity contribution in [2.24, 2.45) is 0 Å². The van der Waals surface area contributed by atoms with Crippen molar-refractivity contribution in [3.63, 3.8) is 0 Å². The summed E-state index contributed by atoms with van der Waals surface area (Å²) in [6.45, 7) is 3.32. The van der Waals surface area contributed by atoms with E-state index in [1.807, 2.05) is 17.0 Å². The van der Waals surface area contributed by atoms with Gasteiger partial charge in [0.2, 0.25) is 0 Å². The molecule has 0 saturated carbocycles. The molecule has 0 unspecified atom stereocenters. The highest BCUT2D eigenvalue weighted by atomic mass is 35.5. The summed E-state index contributed by atoms with van der Waals surface area (Å²) in [5.74, 6) is 0.0247. The third-order valence-corrected chi connectivity index (χ3v) is 4.27.